The van der Waals surface area contributed by atoms with Crippen LogP contribution < -0.4 is 5.32 Å². The van der Waals surface area contributed by atoms with Crippen molar-refractivity contribution in [3.05, 3.63) is 47.8 Å². The van der Waals surface area contributed by atoms with E-state index in [4.69, 9.17) is 0 Å². The molecule has 0 aromatic heterocycles. The number of piperidine rings is 1. The van der Waals surface area contributed by atoms with Gasteiger partial charge in [0.1, 0.15) is 5.82 Å². The van der Waals surface area contributed by atoms with E-state index < -0.39 is 0 Å². The number of rotatable bonds is 3. The topological polar surface area (TPSA) is 49.4 Å². The average molecular weight is 330 g/mol. The molecule has 24 heavy (non-hydrogen) atoms. The summed E-state index contributed by atoms with van der Waals surface area (Å²) in [6.45, 7) is 1.38. The van der Waals surface area contributed by atoms with Crippen molar-refractivity contribution >= 4 is 11.8 Å². The zero-order valence-electron chi connectivity index (χ0n) is 13.7. The Morgan fingerprint density at radius 3 is 2.38 bits per heavy atom. The lowest BCUT2D eigenvalue weighted by atomic mass is 9.92. The normalized spacial score (nSPS) is 21.5. The molecule has 0 spiro atoms. The second-order valence-corrected chi connectivity index (χ2v) is 6.56. The Hall–Kier alpha value is -2.17. The molecule has 1 aliphatic carbocycles. The van der Waals surface area contributed by atoms with E-state index in [9.17, 15) is 14.0 Å². The van der Waals surface area contributed by atoms with Gasteiger partial charge in [-0.2, -0.15) is 0 Å². The second-order valence-electron chi connectivity index (χ2n) is 6.56. The molecule has 1 aromatic carbocycles. The number of hydrogen-bond acceptors (Lipinski definition) is 2. The van der Waals surface area contributed by atoms with Crippen molar-refractivity contribution < 1.29 is 14.0 Å². The van der Waals surface area contributed by atoms with E-state index in [1.165, 1.54) is 24.3 Å². The molecule has 0 radical (unpaired) electrons. The van der Waals surface area contributed by atoms with Crippen LogP contribution in [0.2, 0.25) is 0 Å². The van der Waals surface area contributed by atoms with Crippen molar-refractivity contribution in [2.75, 3.05) is 13.1 Å². The third-order valence-electron chi connectivity index (χ3n) is 4.87. The molecule has 0 unspecified atom stereocenters. The molecule has 1 atom stereocenters. The first-order valence-corrected chi connectivity index (χ1v) is 8.63. The highest BCUT2D eigenvalue weighted by atomic mass is 19.1. The Labute approximate surface area is 141 Å². The maximum Gasteiger partial charge on any atom is 0.251 e. The van der Waals surface area contributed by atoms with Gasteiger partial charge in [0, 0.05) is 30.6 Å². The zero-order chi connectivity index (χ0) is 16.9. The summed E-state index contributed by atoms with van der Waals surface area (Å²) in [5.41, 5.74) is 0.462. The third kappa shape index (κ3) is 4.02. The third-order valence-corrected chi connectivity index (χ3v) is 4.87. The molecule has 0 bridgehead atoms. The molecule has 3 rings (SSSR count). The Balaban J connectivity index is 1.48. The van der Waals surface area contributed by atoms with Crippen LogP contribution in [-0.4, -0.2) is 35.8 Å². The molecular formula is C19H23FN2O2. The maximum atomic E-state index is 12.9. The molecule has 1 fully saturated rings. The highest BCUT2D eigenvalue weighted by molar-refractivity contribution is 5.94. The lowest BCUT2D eigenvalue weighted by Gasteiger charge is -2.34. The van der Waals surface area contributed by atoms with Crippen LogP contribution in [0.1, 0.15) is 42.5 Å². The standard InChI is InChI=1S/C19H23FN2O2/c20-16-8-6-14(7-9-16)18(23)21-17-10-12-22(13-11-17)19(24)15-4-2-1-3-5-15/h1-2,6-9,15,17H,3-5,10-13H2,(H,21,23)/t15-/m0/s1. The highest BCUT2D eigenvalue weighted by Gasteiger charge is 2.28. The molecule has 2 aliphatic rings. The van der Waals surface area contributed by atoms with E-state index in [0.717, 1.165) is 32.1 Å². The summed E-state index contributed by atoms with van der Waals surface area (Å²) in [4.78, 5) is 26.6. The molecule has 4 nitrogen and oxygen atoms in total. The number of hydrogen-bond donors (Lipinski definition) is 1. The Morgan fingerprint density at radius 2 is 1.75 bits per heavy atom. The van der Waals surface area contributed by atoms with Crippen LogP contribution in [0.3, 0.4) is 0 Å². The molecular weight excluding hydrogens is 307 g/mol. The summed E-state index contributed by atoms with van der Waals surface area (Å²) < 4.78 is 12.9. The van der Waals surface area contributed by atoms with Crippen molar-refractivity contribution in [1.29, 1.82) is 0 Å². The van der Waals surface area contributed by atoms with Gasteiger partial charge in [-0.3, -0.25) is 9.59 Å². The lowest BCUT2D eigenvalue weighted by Crippen LogP contribution is -2.48. The van der Waals surface area contributed by atoms with Gasteiger partial charge in [0.25, 0.3) is 5.91 Å². The van der Waals surface area contributed by atoms with Crippen molar-refractivity contribution in [1.82, 2.24) is 10.2 Å². The van der Waals surface area contributed by atoms with E-state index in [1.807, 2.05) is 4.90 Å². The molecule has 1 saturated heterocycles. The summed E-state index contributed by atoms with van der Waals surface area (Å²) in [6, 6.07) is 5.61. The van der Waals surface area contributed by atoms with E-state index in [2.05, 4.69) is 17.5 Å². The van der Waals surface area contributed by atoms with Gasteiger partial charge in [-0.05, 0) is 56.4 Å². The van der Waals surface area contributed by atoms with Gasteiger partial charge in [0.15, 0.2) is 0 Å². The number of benzene rings is 1. The van der Waals surface area contributed by atoms with Crippen LogP contribution >= 0.6 is 0 Å². The monoisotopic (exact) mass is 330 g/mol. The SMILES string of the molecule is O=C(NC1CCN(C(=O)[C@H]2CC=CCC2)CC1)c1ccc(F)cc1. The van der Waals surface area contributed by atoms with Gasteiger partial charge in [0.2, 0.25) is 5.91 Å². The predicted octanol–water partition coefficient (Wildman–Crippen LogP) is 2.90. The Bertz CT molecular complexity index is 619. The first-order chi connectivity index (χ1) is 11.6. The summed E-state index contributed by atoms with van der Waals surface area (Å²) in [5.74, 6) is -0.156. The zero-order valence-corrected chi connectivity index (χ0v) is 13.7. The van der Waals surface area contributed by atoms with Crippen LogP contribution in [0.5, 0.6) is 0 Å². The summed E-state index contributed by atoms with van der Waals surface area (Å²) in [7, 11) is 0. The van der Waals surface area contributed by atoms with Crippen molar-refractivity contribution in [2.45, 2.75) is 38.1 Å². The number of amides is 2. The molecule has 1 N–H and O–H groups in total. The first kappa shape index (κ1) is 16.7. The van der Waals surface area contributed by atoms with Crippen LogP contribution in [0.25, 0.3) is 0 Å². The number of carbonyl (C=O) groups is 2. The summed E-state index contributed by atoms with van der Waals surface area (Å²) in [5, 5.41) is 2.98. The van der Waals surface area contributed by atoms with Gasteiger partial charge >= 0.3 is 0 Å². The molecule has 128 valence electrons. The van der Waals surface area contributed by atoms with Crippen molar-refractivity contribution in [2.24, 2.45) is 5.92 Å². The number of nitrogens with zero attached hydrogens (tertiary/aromatic N) is 1. The molecule has 1 aromatic rings. The van der Waals surface area contributed by atoms with Crippen molar-refractivity contribution in [3.8, 4) is 0 Å². The predicted molar refractivity (Wildman–Crippen MR) is 89.9 cm³/mol. The Kier molecular flexibility index (Phi) is 5.28. The quantitative estimate of drug-likeness (QED) is 0.867. The number of likely N-dealkylation sites (tertiary alicyclic amines) is 1. The fourth-order valence-corrected chi connectivity index (χ4v) is 3.39. The second kappa shape index (κ2) is 7.60. The molecule has 2 amide bonds. The molecule has 1 heterocycles. The van der Waals surface area contributed by atoms with Gasteiger partial charge in [-0.25, -0.2) is 4.39 Å². The lowest BCUT2D eigenvalue weighted by molar-refractivity contribution is -0.136. The Morgan fingerprint density at radius 1 is 1.04 bits per heavy atom. The number of halogens is 1. The van der Waals surface area contributed by atoms with Crippen LogP contribution in [0, 0.1) is 11.7 Å². The van der Waals surface area contributed by atoms with Crippen molar-refractivity contribution in [3.63, 3.8) is 0 Å². The van der Waals surface area contributed by atoms with Gasteiger partial charge in [-0.1, -0.05) is 12.2 Å². The maximum absolute atomic E-state index is 12.9. The number of carbonyl (C=O) groups excluding carboxylic acids is 2. The summed E-state index contributed by atoms with van der Waals surface area (Å²) in [6.07, 6.45) is 8.54. The molecule has 0 saturated carbocycles. The van der Waals surface area contributed by atoms with E-state index in [-0.39, 0.29) is 29.6 Å². The van der Waals surface area contributed by atoms with E-state index in [1.54, 1.807) is 0 Å². The summed E-state index contributed by atoms with van der Waals surface area (Å²) >= 11 is 0. The van der Waals surface area contributed by atoms with Gasteiger partial charge < -0.3 is 10.2 Å². The molecule has 1 aliphatic heterocycles. The van der Waals surface area contributed by atoms with Crippen LogP contribution in [0.4, 0.5) is 4.39 Å². The molecule has 5 heteroatoms. The minimum atomic E-state index is -0.351. The number of allylic oxidation sites excluding steroid dienone is 2. The van der Waals surface area contributed by atoms with E-state index in [0.29, 0.717) is 18.7 Å². The highest BCUT2D eigenvalue weighted by Crippen LogP contribution is 2.22. The smallest absolute Gasteiger partial charge is 0.251 e. The fourth-order valence-electron chi connectivity index (χ4n) is 3.39. The number of nitrogens with one attached hydrogen (secondary N) is 1. The minimum absolute atomic E-state index is 0.0675. The fraction of sp³-hybridized carbons (Fsp3) is 0.474. The average Bonchev–Trinajstić information content (AvgIpc) is 2.63. The van der Waals surface area contributed by atoms with Crippen LogP contribution in [0.15, 0.2) is 36.4 Å². The van der Waals surface area contributed by atoms with Crippen LogP contribution in [-0.2, 0) is 4.79 Å². The van der Waals surface area contributed by atoms with Gasteiger partial charge in [-0.15, -0.1) is 0 Å². The minimum Gasteiger partial charge on any atom is -0.349 e. The first-order valence-electron chi connectivity index (χ1n) is 8.63. The van der Waals surface area contributed by atoms with Gasteiger partial charge in [0.05, 0.1) is 0 Å². The van der Waals surface area contributed by atoms with E-state index >= 15 is 0 Å². The largest absolute Gasteiger partial charge is 0.349 e.